The molecule has 0 fully saturated rings. The van der Waals surface area contributed by atoms with Crippen molar-refractivity contribution in [1.29, 1.82) is 0 Å². The van der Waals surface area contributed by atoms with Crippen LogP contribution in [-0.4, -0.2) is 12.9 Å². The van der Waals surface area contributed by atoms with E-state index in [9.17, 15) is 0 Å². The largest absolute Gasteiger partial charge is 0.467 e. The van der Waals surface area contributed by atoms with E-state index in [2.05, 4.69) is 26.0 Å². The van der Waals surface area contributed by atoms with Crippen LogP contribution in [0.3, 0.4) is 0 Å². The fourth-order valence-electron chi connectivity index (χ4n) is 1.44. The molecule has 0 spiro atoms. The van der Waals surface area contributed by atoms with Gasteiger partial charge in [0.1, 0.15) is 0 Å². The van der Waals surface area contributed by atoms with Crippen molar-refractivity contribution >= 4 is 0 Å². The predicted octanol–water partition coefficient (Wildman–Crippen LogP) is 3.40. The second-order valence-electron chi connectivity index (χ2n) is 4.13. The molecule has 1 rings (SSSR count). The summed E-state index contributed by atoms with van der Waals surface area (Å²) in [7, 11) is 1.70. The second kappa shape index (κ2) is 4.65. The monoisotopic (exact) mass is 196 g/mol. The molecule has 1 atom stereocenters. The molecule has 0 aromatic heterocycles. The Hall–Kier alpha value is -0.760. The van der Waals surface area contributed by atoms with Crippen molar-refractivity contribution < 1.29 is 9.47 Å². The summed E-state index contributed by atoms with van der Waals surface area (Å²) in [6.07, 6.45) is 7.17. The third kappa shape index (κ3) is 3.18. The molecule has 0 saturated carbocycles. The van der Waals surface area contributed by atoms with Crippen LogP contribution in [0.1, 0.15) is 40.0 Å². The van der Waals surface area contributed by atoms with E-state index in [0.717, 1.165) is 25.0 Å². The molecule has 0 N–H and O–H groups in total. The van der Waals surface area contributed by atoms with Gasteiger partial charge in [-0.3, -0.25) is 0 Å². The maximum Gasteiger partial charge on any atom is 0.207 e. The molecule has 1 heterocycles. The molecule has 2 heteroatoms. The van der Waals surface area contributed by atoms with Crippen molar-refractivity contribution in [1.82, 2.24) is 0 Å². The average Bonchev–Trinajstić information content (AvgIpc) is 2.15. The van der Waals surface area contributed by atoms with E-state index in [4.69, 9.17) is 9.47 Å². The molecule has 0 radical (unpaired) electrons. The lowest BCUT2D eigenvalue weighted by molar-refractivity contribution is -0.196. The van der Waals surface area contributed by atoms with Crippen molar-refractivity contribution in [2.45, 2.75) is 45.8 Å². The first-order valence-corrected chi connectivity index (χ1v) is 5.12. The Balaban J connectivity index is 2.56. The number of methoxy groups -OCH3 is 1. The van der Waals surface area contributed by atoms with E-state index >= 15 is 0 Å². The highest BCUT2D eigenvalue weighted by molar-refractivity contribution is 5.07. The minimum Gasteiger partial charge on any atom is -0.467 e. The summed E-state index contributed by atoms with van der Waals surface area (Å²) in [6.45, 7) is 6.18. The van der Waals surface area contributed by atoms with Crippen molar-refractivity contribution in [3.05, 3.63) is 23.5 Å². The highest BCUT2D eigenvalue weighted by atomic mass is 16.7. The number of hydrogen-bond donors (Lipinski definition) is 0. The number of rotatable bonds is 3. The zero-order chi connectivity index (χ0) is 10.6. The molecule has 0 bridgehead atoms. The zero-order valence-electron chi connectivity index (χ0n) is 9.59. The highest BCUT2D eigenvalue weighted by Crippen LogP contribution is 2.29. The predicted molar refractivity (Wildman–Crippen MR) is 57.9 cm³/mol. The SMILES string of the molecule is COC1(C)CCC=C(CC=C(C)C)O1. The van der Waals surface area contributed by atoms with E-state index < -0.39 is 5.79 Å². The van der Waals surface area contributed by atoms with Gasteiger partial charge in [-0.1, -0.05) is 11.6 Å². The van der Waals surface area contributed by atoms with Gasteiger partial charge in [-0.05, 0) is 26.3 Å². The molecule has 0 saturated heterocycles. The third-order valence-corrected chi connectivity index (χ3v) is 2.46. The van der Waals surface area contributed by atoms with Crippen molar-refractivity contribution in [2.24, 2.45) is 0 Å². The van der Waals surface area contributed by atoms with Crippen molar-refractivity contribution in [2.75, 3.05) is 7.11 Å². The van der Waals surface area contributed by atoms with Crippen LogP contribution in [0.25, 0.3) is 0 Å². The Labute approximate surface area is 86.6 Å². The van der Waals surface area contributed by atoms with E-state index in [0.29, 0.717) is 0 Å². The second-order valence-corrected chi connectivity index (χ2v) is 4.13. The Kier molecular flexibility index (Phi) is 3.76. The van der Waals surface area contributed by atoms with E-state index in [1.54, 1.807) is 7.11 Å². The van der Waals surface area contributed by atoms with Gasteiger partial charge >= 0.3 is 0 Å². The summed E-state index contributed by atoms with van der Waals surface area (Å²) in [5.41, 5.74) is 1.32. The van der Waals surface area contributed by atoms with Gasteiger partial charge in [0, 0.05) is 26.9 Å². The maximum atomic E-state index is 5.77. The Morgan fingerprint density at radius 2 is 2.36 bits per heavy atom. The topological polar surface area (TPSA) is 18.5 Å². The summed E-state index contributed by atoms with van der Waals surface area (Å²) >= 11 is 0. The van der Waals surface area contributed by atoms with Gasteiger partial charge in [-0.2, -0.15) is 0 Å². The normalized spacial score (nSPS) is 26.4. The molecule has 1 aliphatic rings. The van der Waals surface area contributed by atoms with Crippen LogP contribution in [0.4, 0.5) is 0 Å². The fourth-order valence-corrected chi connectivity index (χ4v) is 1.44. The van der Waals surface area contributed by atoms with Crippen LogP contribution < -0.4 is 0 Å². The van der Waals surface area contributed by atoms with Crippen LogP contribution in [0.5, 0.6) is 0 Å². The quantitative estimate of drug-likeness (QED) is 0.644. The lowest BCUT2D eigenvalue weighted by Crippen LogP contribution is -2.32. The Morgan fingerprint density at radius 3 is 2.93 bits per heavy atom. The van der Waals surface area contributed by atoms with Crippen molar-refractivity contribution in [3.8, 4) is 0 Å². The number of hydrogen-bond acceptors (Lipinski definition) is 2. The molecule has 2 nitrogen and oxygen atoms in total. The minimum absolute atomic E-state index is 0.417. The first kappa shape index (κ1) is 11.3. The first-order chi connectivity index (χ1) is 6.56. The van der Waals surface area contributed by atoms with E-state index in [1.807, 2.05) is 6.92 Å². The van der Waals surface area contributed by atoms with E-state index in [1.165, 1.54) is 5.57 Å². The molecule has 1 aliphatic heterocycles. The summed E-state index contributed by atoms with van der Waals surface area (Å²) < 4.78 is 11.1. The Morgan fingerprint density at radius 1 is 1.64 bits per heavy atom. The Bertz CT molecular complexity index is 249. The van der Waals surface area contributed by atoms with E-state index in [-0.39, 0.29) is 0 Å². The molecular weight excluding hydrogens is 176 g/mol. The van der Waals surface area contributed by atoms with Gasteiger partial charge in [0.15, 0.2) is 0 Å². The van der Waals surface area contributed by atoms with Gasteiger partial charge in [-0.25, -0.2) is 0 Å². The molecule has 80 valence electrons. The van der Waals surface area contributed by atoms with Crippen molar-refractivity contribution in [3.63, 3.8) is 0 Å². The summed E-state index contributed by atoms with van der Waals surface area (Å²) in [4.78, 5) is 0. The third-order valence-electron chi connectivity index (χ3n) is 2.46. The highest BCUT2D eigenvalue weighted by Gasteiger charge is 2.28. The summed E-state index contributed by atoms with van der Waals surface area (Å²) in [5, 5.41) is 0. The molecule has 14 heavy (non-hydrogen) atoms. The molecule has 0 aromatic rings. The average molecular weight is 196 g/mol. The first-order valence-electron chi connectivity index (χ1n) is 5.12. The maximum absolute atomic E-state index is 5.77. The molecular formula is C12H20O2. The fraction of sp³-hybridized carbons (Fsp3) is 0.667. The zero-order valence-corrected chi connectivity index (χ0v) is 9.59. The molecule has 0 aliphatic carbocycles. The van der Waals surface area contributed by atoms with Crippen LogP contribution in [0.2, 0.25) is 0 Å². The van der Waals surface area contributed by atoms with Gasteiger partial charge in [0.2, 0.25) is 5.79 Å². The summed E-state index contributed by atoms with van der Waals surface area (Å²) in [5.74, 6) is 0.612. The van der Waals surface area contributed by atoms with Gasteiger partial charge < -0.3 is 9.47 Å². The van der Waals surface area contributed by atoms with Crippen LogP contribution >= 0.6 is 0 Å². The van der Waals surface area contributed by atoms with Gasteiger partial charge in [0.05, 0.1) is 5.76 Å². The van der Waals surface area contributed by atoms with Gasteiger partial charge in [-0.15, -0.1) is 0 Å². The minimum atomic E-state index is -0.417. The standard InChI is InChI=1S/C12H20O2/c1-10(2)7-8-11-6-5-9-12(3,13-4)14-11/h6-7H,5,8-9H2,1-4H3. The van der Waals surface area contributed by atoms with Gasteiger partial charge in [0.25, 0.3) is 0 Å². The smallest absolute Gasteiger partial charge is 0.207 e. The number of ether oxygens (including phenoxy) is 2. The van der Waals surface area contributed by atoms with Crippen LogP contribution in [-0.2, 0) is 9.47 Å². The summed E-state index contributed by atoms with van der Waals surface area (Å²) in [6, 6.07) is 0. The number of allylic oxidation sites excluding steroid dienone is 3. The lowest BCUT2D eigenvalue weighted by Gasteiger charge is -2.33. The van der Waals surface area contributed by atoms with Crippen LogP contribution in [0, 0.1) is 0 Å². The molecule has 0 aromatic carbocycles. The molecule has 1 unspecified atom stereocenters. The van der Waals surface area contributed by atoms with Crippen LogP contribution in [0.15, 0.2) is 23.5 Å². The molecule has 0 amide bonds. The lowest BCUT2D eigenvalue weighted by atomic mass is 10.1.